The van der Waals surface area contributed by atoms with Gasteiger partial charge in [0.15, 0.2) is 0 Å². The van der Waals surface area contributed by atoms with Gasteiger partial charge in [-0.2, -0.15) is 5.10 Å². The fourth-order valence-corrected chi connectivity index (χ4v) is 5.30. The molecule has 0 saturated carbocycles. The van der Waals surface area contributed by atoms with Crippen molar-refractivity contribution in [3.63, 3.8) is 0 Å². The molecule has 5 rings (SSSR count). The molecule has 0 aromatic carbocycles. The Bertz CT molecular complexity index is 1110. The molecule has 0 radical (unpaired) electrons. The number of nitrogens with one attached hydrogen (secondary N) is 3. The standard InChI is InChI=1S/C20H21N5OS/c1-11-14(10-22-25-11)16-9-15-18(27-16)20(26)24-19(23-15)17-13(7-8-21-17)12-5-3-2-4-6-12/h2-5,9-10,12-13,17,21H,6-8H2,1H3,(H,22,25)(H,23,24,26)/t12?,13-,17+/m1/s1. The summed E-state index contributed by atoms with van der Waals surface area (Å²) in [6.07, 6.45) is 12.7. The number of hydrogen-bond donors (Lipinski definition) is 3. The van der Waals surface area contributed by atoms with E-state index >= 15 is 0 Å². The molecule has 7 heteroatoms. The second-order valence-electron chi connectivity index (χ2n) is 7.28. The lowest BCUT2D eigenvalue weighted by Crippen LogP contribution is -2.27. The smallest absolute Gasteiger partial charge is 0.268 e. The molecular formula is C20H21N5OS. The maximum absolute atomic E-state index is 12.7. The van der Waals surface area contributed by atoms with Gasteiger partial charge in [-0.15, -0.1) is 11.3 Å². The highest BCUT2D eigenvalue weighted by Gasteiger charge is 2.35. The van der Waals surface area contributed by atoms with Crippen molar-refractivity contribution >= 4 is 21.6 Å². The summed E-state index contributed by atoms with van der Waals surface area (Å²) in [5.74, 6) is 1.69. The summed E-state index contributed by atoms with van der Waals surface area (Å²) in [4.78, 5) is 21.7. The highest BCUT2D eigenvalue weighted by atomic mass is 32.1. The van der Waals surface area contributed by atoms with Crippen LogP contribution in [0, 0.1) is 18.8 Å². The van der Waals surface area contributed by atoms with Crippen LogP contribution in [0.5, 0.6) is 0 Å². The lowest BCUT2D eigenvalue weighted by atomic mass is 9.82. The van der Waals surface area contributed by atoms with E-state index in [2.05, 4.69) is 44.8 Å². The monoisotopic (exact) mass is 379 g/mol. The molecule has 0 spiro atoms. The molecule has 27 heavy (non-hydrogen) atoms. The molecule has 3 aromatic heterocycles. The summed E-state index contributed by atoms with van der Waals surface area (Å²) < 4.78 is 0.671. The van der Waals surface area contributed by atoms with Crippen LogP contribution in [0.1, 0.15) is 30.4 Å². The highest BCUT2D eigenvalue weighted by molar-refractivity contribution is 7.22. The Morgan fingerprint density at radius 3 is 3.00 bits per heavy atom. The predicted molar refractivity (Wildman–Crippen MR) is 108 cm³/mol. The number of nitrogens with zero attached hydrogens (tertiary/aromatic N) is 2. The van der Waals surface area contributed by atoms with Crippen LogP contribution in [0.3, 0.4) is 0 Å². The molecule has 3 N–H and O–H groups in total. The fourth-order valence-electron chi connectivity index (χ4n) is 4.24. The van der Waals surface area contributed by atoms with Crippen molar-refractivity contribution in [1.29, 1.82) is 0 Å². The predicted octanol–water partition coefficient (Wildman–Crippen LogP) is 3.47. The number of aromatic amines is 2. The Labute approximate surface area is 160 Å². The number of thiophene rings is 1. The molecule has 1 unspecified atom stereocenters. The van der Waals surface area contributed by atoms with Gasteiger partial charge in [-0.1, -0.05) is 24.3 Å². The summed E-state index contributed by atoms with van der Waals surface area (Å²) in [5, 5.41) is 10.6. The van der Waals surface area contributed by atoms with E-state index in [1.54, 1.807) is 6.20 Å². The van der Waals surface area contributed by atoms with Crippen molar-refractivity contribution < 1.29 is 0 Å². The maximum atomic E-state index is 12.7. The van der Waals surface area contributed by atoms with Gasteiger partial charge in [0.2, 0.25) is 0 Å². The quantitative estimate of drug-likeness (QED) is 0.650. The number of fused-ring (bicyclic) bond motifs is 1. The fraction of sp³-hybridized carbons (Fsp3) is 0.350. The molecule has 0 amide bonds. The first-order valence-corrected chi connectivity index (χ1v) is 10.1. The van der Waals surface area contributed by atoms with Gasteiger partial charge in [-0.3, -0.25) is 9.89 Å². The lowest BCUT2D eigenvalue weighted by molar-refractivity contribution is 0.345. The molecule has 1 aliphatic heterocycles. The van der Waals surface area contributed by atoms with E-state index in [9.17, 15) is 4.79 Å². The molecule has 6 nitrogen and oxygen atoms in total. The molecule has 138 valence electrons. The van der Waals surface area contributed by atoms with E-state index in [1.165, 1.54) is 11.3 Å². The Balaban J connectivity index is 1.54. The third-order valence-corrected chi connectivity index (χ3v) is 6.78. The van der Waals surface area contributed by atoms with Crippen molar-refractivity contribution in [2.24, 2.45) is 11.8 Å². The second-order valence-corrected chi connectivity index (χ2v) is 8.33. The minimum Gasteiger partial charge on any atom is -0.308 e. The van der Waals surface area contributed by atoms with Gasteiger partial charge in [-0.05, 0) is 44.2 Å². The SMILES string of the molecule is Cc1[nH]ncc1-c1cc2nc([C@H]3NCC[C@@H]3C3C=CC=CC3)[nH]c(=O)c2s1. The highest BCUT2D eigenvalue weighted by Crippen LogP contribution is 2.38. The van der Waals surface area contributed by atoms with Gasteiger partial charge >= 0.3 is 0 Å². The number of allylic oxidation sites excluding steroid dienone is 4. The average Bonchev–Trinajstić information content (AvgIpc) is 3.41. The van der Waals surface area contributed by atoms with Crippen molar-refractivity contribution in [2.45, 2.75) is 25.8 Å². The summed E-state index contributed by atoms with van der Waals surface area (Å²) >= 11 is 1.47. The van der Waals surface area contributed by atoms with Crippen LogP contribution in [0.2, 0.25) is 0 Å². The molecule has 1 aliphatic carbocycles. The van der Waals surface area contributed by atoms with Crippen LogP contribution < -0.4 is 10.9 Å². The molecular weight excluding hydrogens is 358 g/mol. The summed E-state index contributed by atoms with van der Waals surface area (Å²) in [6.45, 7) is 2.93. The molecule has 1 saturated heterocycles. The first-order valence-electron chi connectivity index (χ1n) is 9.31. The minimum atomic E-state index is -0.0565. The first-order chi connectivity index (χ1) is 13.2. The van der Waals surface area contributed by atoms with Crippen LogP contribution in [-0.4, -0.2) is 26.7 Å². The Hall–Kier alpha value is -2.51. The summed E-state index contributed by atoms with van der Waals surface area (Å²) in [6, 6.07) is 2.09. The van der Waals surface area contributed by atoms with Crippen molar-refractivity contribution in [3.05, 3.63) is 58.4 Å². The van der Waals surface area contributed by atoms with E-state index in [4.69, 9.17) is 4.98 Å². The lowest BCUT2D eigenvalue weighted by Gasteiger charge is -2.26. The normalized spacial score (nSPS) is 24.9. The van der Waals surface area contributed by atoms with Crippen LogP contribution in [0.25, 0.3) is 20.7 Å². The van der Waals surface area contributed by atoms with E-state index in [0.29, 0.717) is 16.5 Å². The Kier molecular flexibility index (Phi) is 4.06. The summed E-state index contributed by atoms with van der Waals surface area (Å²) in [5.41, 5.74) is 2.72. The van der Waals surface area contributed by atoms with Crippen LogP contribution >= 0.6 is 11.3 Å². The van der Waals surface area contributed by atoms with Gasteiger partial charge < -0.3 is 10.3 Å². The number of aromatic nitrogens is 4. The van der Waals surface area contributed by atoms with Crippen molar-refractivity contribution in [1.82, 2.24) is 25.5 Å². The molecule has 3 aromatic rings. The van der Waals surface area contributed by atoms with Gasteiger partial charge in [0.05, 0.1) is 17.8 Å². The average molecular weight is 379 g/mol. The first kappa shape index (κ1) is 16.6. The van der Waals surface area contributed by atoms with Crippen LogP contribution in [0.15, 0.2) is 41.4 Å². The van der Waals surface area contributed by atoms with Crippen LogP contribution in [-0.2, 0) is 0 Å². The molecule has 4 heterocycles. The number of hydrogen-bond acceptors (Lipinski definition) is 5. The second kappa shape index (κ2) is 6.58. The van der Waals surface area contributed by atoms with Gasteiger partial charge in [-0.25, -0.2) is 4.98 Å². The van der Waals surface area contributed by atoms with Crippen molar-refractivity contribution in [3.8, 4) is 10.4 Å². The van der Waals surface area contributed by atoms with Crippen LogP contribution in [0.4, 0.5) is 0 Å². The van der Waals surface area contributed by atoms with Gasteiger partial charge in [0.25, 0.3) is 5.56 Å². The van der Waals surface area contributed by atoms with E-state index in [-0.39, 0.29) is 11.6 Å². The van der Waals surface area contributed by atoms with Gasteiger partial charge in [0, 0.05) is 16.1 Å². The van der Waals surface area contributed by atoms with Gasteiger partial charge in [0.1, 0.15) is 10.5 Å². The topological polar surface area (TPSA) is 86.5 Å². The molecule has 3 atom stereocenters. The Morgan fingerprint density at radius 1 is 1.30 bits per heavy atom. The van der Waals surface area contributed by atoms with E-state index in [1.807, 2.05) is 13.0 Å². The maximum Gasteiger partial charge on any atom is 0.268 e. The summed E-state index contributed by atoms with van der Waals surface area (Å²) in [7, 11) is 0. The number of H-pyrrole nitrogens is 2. The number of rotatable bonds is 3. The minimum absolute atomic E-state index is 0.0565. The zero-order chi connectivity index (χ0) is 18.4. The molecule has 2 aliphatic rings. The third-order valence-electron chi connectivity index (χ3n) is 5.62. The molecule has 0 bridgehead atoms. The third kappa shape index (κ3) is 2.87. The molecule has 1 fully saturated rings. The largest absolute Gasteiger partial charge is 0.308 e. The van der Waals surface area contributed by atoms with E-state index in [0.717, 1.165) is 46.9 Å². The zero-order valence-corrected chi connectivity index (χ0v) is 15.8. The van der Waals surface area contributed by atoms with E-state index < -0.39 is 0 Å². The zero-order valence-electron chi connectivity index (χ0n) is 15.0. The van der Waals surface area contributed by atoms with Crippen molar-refractivity contribution in [2.75, 3.05) is 6.54 Å². The number of aryl methyl sites for hydroxylation is 1. The Morgan fingerprint density at radius 2 is 2.22 bits per heavy atom.